The Kier molecular flexibility index (Phi) is 6.31. The number of carbonyl (C=O) groups excluding carboxylic acids is 2. The number of likely N-dealkylation sites (tertiary alicyclic amines) is 1. The third kappa shape index (κ3) is 5.06. The van der Waals surface area contributed by atoms with Gasteiger partial charge in [0.2, 0.25) is 11.8 Å². The van der Waals surface area contributed by atoms with Gasteiger partial charge in [0.05, 0.1) is 6.04 Å². The van der Waals surface area contributed by atoms with Crippen LogP contribution in [0.3, 0.4) is 0 Å². The maximum absolute atomic E-state index is 12.4. The number of carboxylic acid groups (broad SMARTS) is 1. The lowest BCUT2D eigenvalue weighted by Crippen LogP contribution is -2.49. The van der Waals surface area contributed by atoms with Crippen molar-refractivity contribution in [1.82, 2.24) is 10.2 Å². The fourth-order valence-electron chi connectivity index (χ4n) is 2.86. The standard InChI is InChI=1S/C17H23N3O4/c18-14(10-12-4-2-1-3-5-12)17(24)20-8-6-13(7-9-20)16(23)19-11-15(21)22/h1-5,13-14H,6-11,18H2,(H,19,23)(H,21,22). The first-order chi connectivity index (χ1) is 11.5. The van der Waals surface area contributed by atoms with Gasteiger partial charge in [-0.05, 0) is 24.8 Å². The quantitative estimate of drug-likeness (QED) is 0.678. The summed E-state index contributed by atoms with van der Waals surface area (Å²) < 4.78 is 0. The molecule has 0 bridgehead atoms. The van der Waals surface area contributed by atoms with Crippen LogP contribution in [0.15, 0.2) is 30.3 Å². The smallest absolute Gasteiger partial charge is 0.322 e. The largest absolute Gasteiger partial charge is 0.480 e. The van der Waals surface area contributed by atoms with E-state index in [1.807, 2.05) is 30.3 Å². The summed E-state index contributed by atoms with van der Waals surface area (Å²) in [6.45, 7) is 0.554. The van der Waals surface area contributed by atoms with Crippen molar-refractivity contribution >= 4 is 17.8 Å². The summed E-state index contributed by atoms with van der Waals surface area (Å²) in [4.78, 5) is 36.4. The number of nitrogens with zero attached hydrogens (tertiary/aromatic N) is 1. The molecule has 130 valence electrons. The predicted octanol–water partition coefficient (Wildman–Crippen LogP) is -0.00420. The minimum Gasteiger partial charge on any atom is -0.480 e. The summed E-state index contributed by atoms with van der Waals surface area (Å²) in [6.07, 6.45) is 1.53. The first-order valence-electron chi connectivity index (χ1n) is 8.05. The van der Waals surface area contributed by atoms with Crippen molar-refractivity contribution < 1.29 is 19.5 Å². The van der Waals surface area contributed by atoms with Gasteiger partial charge in [0.15, 0.2) is 0 Å². The molecule has 4 N–H and O–H groups in total. The van der Waals surface area contributed by atoms with E-state index in [0.717, 1.165) is 5.56 Å². The highest BCUT2D eigenvalue weighted by Gasteiger charge is 2.29. The van der Waals surface area contributed by atoms with E-state index in [4.69, 9.17) is 10.8 Å². The van der Waals surface area contributed by atoms with Gasteiger partial charge in [0.1, 0.15) is 6.54 Å². The average Bonchev–Trinajstić information content (AvgIpc) is 2.60. The maximum atomic E-state index is 12.4. The molecule has 1 aromatic carbocycles. The van der Waals surface area contributed by atoms with E-state index in [2.05, 4.69) is 5.32 Å². The Hall–Kier alpha value is -2.41. The zero-order valence-electron chi connectivity index (χ0n) is 13.5. The molecule has 7 nitrogen and oxygen atoms in total. The van der Waals surface area contributed by atoms with E-state index < -0.39 is 12.0 Å². The third-order valence-corrected chi connectivity index (χ3v) is 4.21. The van der Waals surface area contributed by atoms with E-state index in [-0.39, 0.29) is 24.3 Å². The average molecular weight is 333 g/mol. The fraction of sp³-hybridized carbons (Fsp3) is 0.471. The summed E-state index contributed by atoms with van der Waals surface area (Å²) in [5, 5.41) is 11.0. The first kappa shape index (κ1) is 17.9. The molecule has 1 aliphatic heterocycles. The molecule has 1 saturated heterocycles. The molecule has 1 unspecified atom stereocenters. The van der Waals surface area contributed by atoms with Gasteiger partial charge in [-0.3, -0.25) is 14.4 Å². The van der Waals surface area contributed by atoms with Crippen molar-refractivity contribution in [2.75, 3.05) is 19.6 Å². The van der Waals surface area contributed by atoms with Gasteiger partial charge in [0.25, 0.3) is 0 Å². The summed E-state index contributed by atoms with van der Waals surface area (Å²) in [5.74, 6) is -1.69. The molecule has 2 rings (SSSR count). The first-order valence-corrected chi connectivity index (χ1v) is 8.05. The molecule has 0 saturated carbocycles. The lowest BCUT2D eigenvalue weighted by Gasteiger charge is -2.33. The minimum absolute atomic E-state index is 0.108. The molecular weight excluding hydrogens is 310 g/mol. The van der Waals surface area contributed by atoms with Crippen LogP contribution in [-0.2, 0) is 20.8 Å². The molecule has 1 fully saturated rings. The number of rotatable bonds is 6. The lowest BCUT2D eigenvalue weighted by atomic mass is 9.95. The van der Waals surface area contributed by atoms with Crippen molar-refractivity contribution in [3.05, 3.63) is 35.9 Å². The second-order valence-electron chi connectivity index (χ2n) is 6.01. The molecule has 1 atom stereocenters. The van der Waals surface area contributed by atoms with Crippen LogP contribution in [0, 0.1) is 5.92 Å². The molecule has 0 spiro atoms. The normalized spacial score (nSPS) is 16.5. The Balaban J connectivity index is 1.79. The second-order valence-corrected chi connectivity index (χ2v) is 6.01. The van der Waals surface area contributed by atoms with Gasteiger partial charge in [-0.15, -0.1) is 0 Å². The molecule has 0 radical (unpaired) electrons. The number of amides is 2. The summed E-state index contributed by atoms with van der Waals surface area (Å²) in [7, 11) is 0. The molecule has 0 aliphatic carbocycles. The number of piperidine rings is 1. The zero-order valence-corrected chi connectivity index (χ0v) is 13.5. The predicted molar refractivity (Wildman–Crippen MR) is 88.1 cm³/mol. The number of aliphatic carboxylic acids is 1. The van der Waals surface area contributed by atoms with Gasteiger partial charge < -0.3 is 21.1 Å². The highest BCUT2D eigenvalue weighted by molar-refractivity contribution is 5.84. The molecule has 24 heavy (non-hydrogen) atoms. The Morgan fingerprint density at radius 3 is 2.42 bits per heavy atom. The molecule has 1 heterocycles. The minimum atomic E-state index is -1.07. The van der Waals surface area contributed by atoms with Crippen LogP contribution >= 0.6 is 0 Å². The van der Waals surface area contributed by atoms with Crippen LogP contribution in [0.5, 0.6) is 0 Å². The second kappa shape index (κ2) is 8.44. The zero-order chi connectivity index (χ0) is 17.5. The lowest BCUT2D eigenvalue weighted by molar-refractivity contribution is -0.139. The van der Waals surface area contributed by atoms with Gasteiger partial charge in [-0.1, -0.05) is 30.3 Å². The summed E-state index contributed by atoms with van der Waals surface area (Å²) >= 11 is 0. The number of carbonyl (C=O) groups is 3. The van der Waals surface area contributed by atoms with Crippen LogP contribution < -0.4 is 11.1 Å². The van der Waals surface area contributed by atoms with Crippen LogP contribution in [0.2, 0.25) is 0 Å². The fourth-order valence-corrected chi connectivity index (χ4v) is 2.86. The Morgan fingerprint density at radius 2 is 1.83 bits per heavy atom. The topological polar surface area (TPSA) is 113 Å². The molecule has 1 aromatic rings. The van der Waals surface area contributed by atoms with Crippen LogP contribution in [-0.4, -0.2) is 53.5 Å². The van der Waals surface area contributed by atoms with Gasteiger partial charge in [-0.2, -0.15) is 0 Å². The van der Waals surface area contributed by atoms with E-state index in [1.165, 1.54) is 0 Å². The van der Waals surface area contributed by atoms with Gasteiger partial charge >= 0.3 is 5.97 Å². The van der Waals surface area contributed by atoms with Crippen molar-refractivity contribution in [1.29, 1.82) is 0 Å². The van der Waals surface area contributed by atoms with E-state index in [9.17, 15) is 14.4 Å². The highest BCUT2D eigenvalue weighted by atomic mass is 16.4. The monoisotopic (exact) mass is 333 g/mol. The van der Waals surface area contributed by atoms with Crippen molar-refractivity contribution in [3.63, 3.8) is 0 Å². The summed E-state index contributed by atoms with van der Waals surface area (Å²) in [5.41, 5.74) is 7.03. The van der Waals surface area contributed by atoms with E-state index >= 15 is 0 Å². The molecule has 7 heteroatoms. The maximum Gasteiger partial charge on any atom is 0.322 e. The van der Waals surface area contributed by atoms with Crippen LogP contribution in [0.25, 0.3) is 0 Å². The third-order valence-electron chi connectivity index (χ3n) is 4.21. The molecule has 1 aliphatic rings. The highest BCUT2D eigenvalue weighted by Crippen LogP contribution is 2.18. The molecular formula is C17H23N3O4. The number of nitrogens with one attached hydrogen (secondary N) is 1. The SMILES string of the molecule is NC(Cc1ccccc1)C(=O)N1CCC(C(=O)NCC(=O)O)CC1. The van der Waals surface area contributed by atoms with Gasteiger partial charge in [-0.25, -0.2) is 0 Å². The van der Waals surface area contributed by atoms with E-state index in [0.29, 0.717) is 32.4 Å². The Morgan fingerprint density at radius 1 is 1.21 bits per heavy atom. The van der Waals surface area contributed by atoms with Crippen LogP contribution in [0.1, 0.15) is 18.4 Å². The Labute approximate surface area is 140 Å². The van der Waals surface area contributed by atoms with Crippen molar-refractivity contribution in [3.8, 4) is 0 Å². The van der Waals surface area contributed by atoms with Crippen molar-refractivity contribution in [2.24, 2.45) is 11.7 Å². The van der Waals surface area contributed by atoms with E-state index in [1.54, 1.807) is 4.90 Å². The van der Waals surface area contributed by atoms with Gasteiger partial charge in [0, 0.05) is 19.0 Å². The number of nitrogens with two attached hydrogens (primary N) is 1. The number of carboxylic acids is 1. The molecule has 0 aromatic heterocycles. The van der Waals surface area contributed by atoms with Crippen LogP contribution in [0.4, 0.5) is 0 Å². The number of hydrogen-bond acceptors (Lipinski definition) is 4. The Bertz CT molecular complexity index is 583. The summed E-state index contributed by atoms with van der Waals surface area (Å²) in [6, 6.07) is 9.02. The van der Waals surface area contributed by atoms with Crippen molar-refractivity contribution in [2.45, 2.75) is 25.3 Å². The number of hydrogen-bond donors (Lipinski definition) is 3. The number of benzene rings is 1. The molecule has 2 amide bonds.